The normalized spacial score (nSPS) is 10.8. The van der Waals surface area contributed by atoms with Crippen LogP contribution in [0.3, 0.4) is 0 Å². The molecule has 2 rings (SSSR count). The lowest BCUT2D eigenvalue weighted by Crippen LogP contribution is -1.96. The maximum Gasteiger partial charge on any atom is 0.472 e. The summed E-state index contributed by atoms with van der Waals surface area (Å²) in [5.41, 5.74) is 1.64. The van der Waals surface area contributed by atoms with E-state index in [9.17, 15) is 9.46 Å². The summed E-state index contributed by atoms with van der Waals surface area (Å²) in [5, 5.41) is 0. The molecule has 20 heavy (non-hydrogen) atoms. The zero-order valence-corrected chi connectivity index (χ0v) is 12.4. The predicted molar refractivity (Wildman–Crippen MR) is 79.5 cm³/mol. The van der Waals surface area contributed by atoms with Gasteiger partial charge in [0, 0.05) is 0 Å². The molecule has 2 aromatic carbocycles. The first-order valence-electron chi connectivity index (χ1n) is 5.85. The van der Waals surface area contributed by atoms with Crippen molar-refractivity contribution in [2.24, 2.45) is 0 Å². The molecule has 0 bridgehead atoms. The van der Waals surface area contributed by atoms with Crippen molar-refractivity contribution >= 4 is 20.2 Å². The minimum Gasteiger partial charge on any atom is -0.302 e. The quantitative estimate of drug-likeness (QED) is 0.820. The SMILES string of the molecule is Cl.O=P(O)(OCc1ccccc1)OCc1ccccc1. The van der Waals surface area contributed by atoms with Crippen LogP contribution in [-0.4, -0.2) is 4.89 Å². The third-order valence-electron chi connectivity index (χ3n) is 2.47. The van der Waals surface area contributed by atoms with E-state index in [1.165, 1.54) is 0 Å². The second-order valence-electron chi connectivity index (χ2n) is 3.99. The molecule has 0 atom stereocenters. The Morgan fingerprint density at radius 1 is 0.800 bits per heavy atom. The van der Waals surface area contributed by atoms with Gasteiger partial charge in [-0.25, -0.2) is 4.57 Å². The van der Waals surface area contributed by atoms with E-state index in [1.54, 1.807) is 0 Å². The van der Waals surface area contributed by atoms with Gasteiger partial charge in [-0.1, -0.05) is 60.7 Å². The molecule has 0 aliphatic heterocycles. The monoisotopic (exact) mass is 314 g/mol. The zero-order valence-electron chi connectivity index (χ0n) is 10.7. The van der Waals surface area contributed by atoms with Crippen LogP contribution >= 0.6 is 20.2 Å². The van der Waals surface area contributed by atoms with Gasteiger partial charge in [-0.2, -0.15) is 0 Å². The smallest absolute Gasteiger partial charge is 0.302 e. The standard InChI is InChI=1S/C14H15O4P.ClH/c15-19(16,17-11-13-7-3-1-4-8-13)18-12-14-9-5-2-6-10-14;/h1-10H,11-12H2,(H,15,16);1H. The minimum absolute atomic E-state index is 0. The van der Waals surface area contributed by atoms with Gasteiger partial charge in [-0.3, -0.25) is 9.05 Å². The molecule has 6 heteroatoms. The Hall–Kier alpha value is -1.16. The maximum absolute atomic E-state index is 11.7. The first kappa shape index (κ1) is 16.9. The summed E-state index contributed by atoms with van der Waals surface area (Å²) in [6.07, 6.45) is 0. The molecule has 0 aliphatic carbocycles. The maximum atomic E-state index is 11.7. The van der Waals surface area contributed by atoms with Gasteiger partial charge in [0.25, 0.3) is 0 Å². The molecule has 1 N–H and O–H groups in total. The van der Waals surface area contributed by atoms with Gasteiger partial charge in [0.15, 0.2) is 0 Å². The molecule has 0 saturated carbocycles. The Labute approximate surface area is 124 Å². The van der Waals surface area contributed by atoms with Crippen LogP contribution in [0.15, 0.2) is 60.7 Å². The highest BCUT2D eigenvalue weighted by atomic mass is 35.5. The van der Waals surface area contributed by atoms with Gasteiger partial charge in [0.2, 0.25) is 0 Å². The van der Waals surface area contributed by atoms with E-state index in [0.717, 1.165) is 11.1 Å². The molecule has 0 aliphatic rings. The third kappa shape index (κ3) is 5.87. The van der Waals surface area contributed by atoms with Gasteiger partial charge in [0.05, 0.1) is 13.2 Å². The molecule has 2 aromatic rings. The van der Waals surface area contributed by atoms with Crippen molar-refractivity contribution < 1.29 is 18.5 Å². The zero-order chi connectivity index (χ0) is 13.6. The number of phosphoric acid groups is 1. The van der Waals surface area contributed by atoms with Crippen molar-refractivity contribution in [3.63, 3.8) is 0 Å². The first-order chi connectivity index (χ1) is 9.16. The fraction of sp³-hybridized carbons (Fsp3) is 0.143. The lowest BCUT2D eigenvalue weighted by atomic mass is 10.2. The number of rotatable bonds is 6. The molecule has 0 spiro atoms. The van der Waals surface area contributed by atoms with Gasteiger partial charge in [-0.05, 0) is 11.1 Å². The van der Waals surface area contributed by atoms with Crippen molar-refractivity contribution in [1.29, 1.82) is 0 Å². The molecular formula is C14H16ClO4P. The number of phosphoric ester groups is 1. The summed E-state index contributed by atoms with van der Waals surface area (Å²) in [5.74, 6) is 0. The van der Waals surface area contributed by atoms with Gasteiger partial charge >= 0.3 is 7.82 Å². The average molecular weight is 315 g/mol. The van der Waals surface area contributed by atoms with E-state index < -0.39 is 7.82 Å². The van der Waals surface area contributed by atoms with Crippen LogP contribution < -0.4 is 0 Å². The summed E-state index contributed by atoms with van der Waals surface area (Å²) in [4.78, 5) is 9.55. The molecule has 0 aromatic heterocycles. The van der Waals surface area contributed by atoms with Crippen LogP contribution in [0.2, 0.25) is 0 Å². The van der Waals surface area contributed by atoms with Crippen molar-refractivity contribution in [1.82, 2.24) is 0 Å². The molecule has 108 valence electrons. The summed E-state index contributed by atoms with van der Waals surface area (Å²) >= 11 is 0. The van der Waals surface area contributed by atoms with Crippen LogP contribution in [0.25, 0.3) is 0 Å². The van der Waals surface area contributed by atoms with Crippen molar-refractivity contribution in [3.05, 3.63) is 71.8 Å². The Morgan fingerprint density at radius 3 is 1.50 bits per heavy atom. The second-order valence-corrected chi connectivity index (χ2v) is 5.44. The first-order valence-corrected chi connectivity index (χ1v) is 7.35. The van der Waals surface area contributed by atoms with Gasteiger partial charge in [0.1, 0.15) is 0 Å². The fourth-order valence-electron chi connectivity index (χ4n) is 1.50. The fourth-order valence-corrected chi connectivity index (χ4v) is 2.20. The molecule has 0 amide bonds. The number of benzene rings is 2. The molecule has 0 unspecified atom stereocenters. The Morgan fingerprint density at radius 2 is 1.15 bits per heavy atom. The van der Waals surface area contributed by atoms with Crippen LogP contribution in [0, 0.1) is 0 Å². The van der Waals surface area contributed by atoms with Gasteiger partial charge in [-0.15, -0.1) is 12.4 Å². The molecule has 0 radical (unpaired) electrons. The lowest BCUT2D eigenvalue weighted by Gasteiger charge is -2.12. The largest absolute Gasteiger partial charge is 0.472 e. The highest BCUT2D eigenvalue weighted by molar-refractivity contribution is 7.47. The van der Waals surface area contributed by atoms with Crippen molar-refractivity contribution in [2.75, 3.05) is 0 Å². The summed E-state index contributed by atoms with van der Waals surface area (Å²) in [7, 11) is -4.02. The van der Waals surface area contributed by atoms with Crippen molar-refractivity contribution in [2.45, 2.75) is 13.2 Å². The van der Waals surface area contributed by atoms with Crippen LogP contribution in [0.1, 0.15) is 11.1 Å². The van der Waals surface area contributed by atoms with Crippen LogP contribution in [-0.2, 0) is 26.8 Å². The van der Waals surface area contributed by atoms with Gasteiger partial charge < -0.3 is 4.89 Å². The third-order valence-corrected chi connectivity index (χ3v) is 3.39. The van der Waals surface area contributed by atoms with E-state index in [1.807, 2.05) is 60.7 Å². The molecule has 0 heterocycles. The number of hydrogen-bond acceptors (Lipinski definition) is 3. The van der Waals surface area contributed by atoms with Crippen molar-refractivity contribution in [3.8, 4) is 0 Å². The Kier molecular flexibility index (Phi) is 6.93. The molecule has 4 nitrogen and oxygen atoms in total. The summed E-state index contributed by atoms with van der Waals surface area (Å²) < 4.78 is 21.5. The number of hydrogen-bond donors (Lipinski definition) is 1. The van der Waals surface area contributed by atoms with E-state index in [2.05, 4.69) is 0 Å². The van der Waals surface area contributed by atoms with E-state index in [-0.39, 0.29) is 25.6 Å². The molecule has 0 fully saturated rings. The van der Waals surface area contributed by atoms with E-state index in [0.29, 0.717) is 0 Å². The Balaban J connectivity index is 0.00000200. The molecular weight excluding hydrogens is 299 g/mol. The second kappa shape index (κ2) is 8.20. The topological polar surface area (TPSA) is 55.8 Å². The number of halogens is 1. The van der Waals surface area contributed by atoms with E-state index >= 15 is 0 Å². The minimum atomic E-state index is -4.02. The predicted octanol–water partition coefficient (Wildman–Crippen LogP) is 3.94. The summed E-state index contributed by atoms with van der Waals surface area (Å²) in [6.45, 7) is 0.0901. The van der Waals surface area contributed by atoms with Crippen LogP contribution in [0.5, 0.6) is 0 Å². The highest BCUT2D eigenvalue weighted by Gasteiger charge is 2.20. The molecule has 0 saturated heterocycles. The Bertz CT molecular complexity index is 500. The van der Waals surface area contributed by atoms with Crippen LogP contribution in [0.4, 0.5) is 0 Å². The lowest BCUT2D eigenvalue weighted by molar-refractivity contribution is 0.137. The highest BCUT2D eigenvalue weighted by Crippen LogP contribution is 2.44. The van der Waals surface area contributed by atoms with E-state index in [4.69, 9.17) is 9.05 Å². The summed E-state index contributed by atoms with van der Waals surface area (Å²) in [6, 6.07) is 18.4. The average Bonchev–Trinajstić information content (AvgIpc) is 2.46.